The summed E-state index contributed by atoms with van der Waals surface area (Å²) in [6.07, 6.45) is 30.9. The fourth-order valence-electron chi connectivity index (χ4n) is 5.71. The molecule has 0 amide bonds. The molecule has 0 heterocycles. The quantitative estimate of drug-likeness (QED) is 0.0560. The number of hydrogen-bond acceptors (Lipinski definition) is 3. The molecule has 0 N–H and O–H groups in total. The van der Waals surface area contributed by atoms with Crippen LogP contribution in [-0.2, 0) is 4.79 Å². The van der Waals surface area contributed by atoms with Crippen LogP contribution < -0.4 is 9.47 Å². The Morgan fingerprint density at radius 3 is 1.21 bits per heavy atom. The van der Waals surface area contributed by atoms with Gasteiger partial charge in [0.15, 0.2) is 0 Å². The Morgan fingerprint density at radius 2 is 0.791 bits per heavy atom. The molecule has 0 fully saturated rings. The van der Waals surface area contributed by atoms with E-state index in [1.54, 1.807) is 0 Å². The molecule has 0 atom stereocenters. The molecule has 2 aromatic carbocycles. The Hall–Kier alpha value is -2.29. The molecule has 0 aromatic heterocycles. The van der Waals surface area contributed by atoms with Gasteiger partial charge in [-0.05, 0) is 48.2 Å². The highest BCUT2D eigenvalue weighted by molar-refractivity contribution is 5.73. The van der Waals surface area contributed by atoms with Gasteiger partial charge < -0.3 is 9.47 Å². The van der Waals surface area contributed by atoms with Gasteiger partial charge in [0.1, 0.15) is 11.5 Å². The number of rotatable bonds is 28. The third kappa shape index (κ3) is 19.6. The van der Waals surface area contributed by atoms with Crippen molar-refractivity contribution in [1.82, 2.24) is 0 Å². The molecular formula is C40H64O3. The van der Waals surface area contributed by atoms with Gasteiger partial charge in [-0.1, -0.05) is 173 Å². The second kappa shape index (κ2) is 26.1. The SMILES string of the molecule is CCCCCCCCCCCCCCOc1ccc(-c2ccc(OC(=O)CCCCCCCCCCCCC)cc2)cc1. The average Bonchev–Trinajstić information content (AvgIpc) is 3.03. The van der Waals surface area contributed by atoms with Crippen molar-refractivity contribution in [2.24, 2.45) is 0 Å². The van der Waals surface area contributed by atoms with E-state index in [0.29, 0.717) is 12.2 Å². The van der Waals surface area contributed by atoms with Crippen molar-refractivity contribution in [1.29, 1.82) is 0 Å². The second-order valence-corrected chi connectivity index (χ2v) is 12.5. The average molecular weight is 593 g/mol. The minimum Gasteiger partial charge on any atom is -0.494 e. The second-order valence-electron chi connectivity index (χ2n) is 12.5. The van der Waals surface area contributed by atoms with E-state index >= 15 is 0 Å². The molecule has 2 aromatic rings. The summed E-state index contributed by atoms with van der Waals surface area (Å²) in [7, 11) is 0. The van der Waals surface area contributed by atoms with E-state index in [2.05, 4.69) is 38.1 Å². The van der Waals surface area contributed by atoms with Crippen molar-refractivity contribution in [3.05, 3.63) is 48.5 Å². The highest BCUT2D eigenvalue weighted by Gasteiger charge is 2.06. The summed E-state index contributed by atoms with van der Waals surface area (Å²) in [4.78, 5) is 12.3. The van der Waals surface area contributed by atoms with Crippen LogP contribution in [0.15, 0.2) is 48.5 Å². The molecular weight excluding hydrogens is 528 g/mol. The smallest absolute Gasteiger partial charge is 0.311 e. The van der Waals surface area contributed by atoms with Crippen molar-refractivity contribution in [2.45, 2.75) is 168 Å². The molecule has 0 aliphatic rings. The van der Waals surface area contributed by atoms with E-state index in [1.807, 2.05) is 24.3 Å². The van der Waals surface area contributed by atoms with E-state index < -0.39 is 0 Å². The lowest BCUT2D eigenvalue weighted by Crippen LogP contribution is -2.07. The Morgan fingerprint density at radius 1 is 0.442 bits per heavy atom. The molecule has 0 saturated heterocycles. The van der Waals surface area contributed by atoms with E-state index in [0.717, 1.165) is 42.7 Å². The molecule has 0 aliphatic heterocycles. The normalized spacial score (nSPS) is 11.1. The molecule has 3 heteroatoms. The number of hydrogen-bond donors (Lipinski definition) is 0. The molecule has 0 unspecified atom stereocenters. The topological polar surface area (TPSA) is 35.5 Å². The number of benzene rings is 2. The van der Waals surface area contributed by atoms with Crippen LogP contribution in [0.25, 0.3) is 11.1 Å². The van der Waals surface area contributed by atoms with E-state index in [1.165, 1.54) is 128 Å². The Labute approximate surface area is 265 Å². The number of carbonyl (C=O) groups is 1. The fraction of sp³-hybridized carbons (Fsp3) is 0.675. The third-order valence-electron chi connectivity index (χ3n) is 8.52. The van der Waals surface area contributed by atoms with E-state index in [4.69, 9.17) is 9.47 Å². The van der Waals surface area contributed by atoms with Crippen LogP contribution in [0.3, 0.4) is 0 Å². The van der Waals surface area contributed by atoms with Gasteiger partial charge in [-0.25, -0.2) is 0 Å². The van der Waals surface area contributed by atoms with Gasteiger partial charge >= 0.3 is 5.97 Å². The Kier molecular flexibility index (Phi) is 22.4. The highest BCUT2D eigenvalue weighted by Crippen LogP contribution is 2.25. The first-order valence-corrected chi connectivity index (χ1v) is 18.3. The molecule has 43 heavy (non-hydrogen) atoms. The molecule has 3 nitrogen and oxygen atoms in total. The first-order valence-electron chi connectivity index (χ1n) is 18.3. The maximum absolute atomic E-state index is 12.3. The van der Waals surface area contributed by atoms with Gasteiger partial charge in [0.2, 0.25) is 0 Å². The zero-order chi connectivity index (χ0) is 30.6. The monoisotopic (exact) mass is 592 g/mol. The lowest BCUT2D eigenvalue weighted by Gasteiger charge is -2.09. The molecule has 0 saturated carbocycles. The zero-order valence-electron chi connectivity index (χ0n) is 28.0. The van der Waals surface area contributed by atoms with Gasteiger partial charge in [-0.2, -0.15) is 0 Å². The van der Waals surface area contributed by atoms with Crippen molar-refractivity contribution in [3.63, 3.8) is 0 Å². The Bertz CT molecular complexity index is 902. The van der Waals surface area contributed by atoms with Gasteiger partial charge in [-0.3, -0.25) is 4.79 Å². The van der Waals surface area contributed by atoms with Crippen LogP contribution >= 0.6 is 0 Å². The van der Waals surface area contributed by atoms with Crippen LogP contribution in [0.5, 0.6) is 11.5 Å². The molecule has 0 radical (unpaired) electrons. The molecule has 0 spiro atoms. The number of unbranched alkanes of at least 4 members (excludes halogenated alkanes) is 21. The summed E-state index contributed by atoms with van der Waals surface area (Å²) >= 11 is 0. The fourth-order valence-corrected chi connectivity index (χ4v) is 5.71. The molecule has 242 valence electrons. The van der Waals surface area contributed by atoms with Gasteiger partial charge in [0.05, 0.1) is 6.61 Å². The van der Waals surface area contributed by atoms with Crippen molar-refractivity contribution >= 4 is 5.97 Å². The van der Waals surface area contributed by atoms with E-state index in [-0.39, 0.29) is 5.97 Å². The summed E-state index contributed by atoms with van der Waals surface area (Å²) < 4.78 is 11.5. The standard InChI is InChI=1S/C40H64O3/c1-3-5-7-9-11-13-15-17-19-21-23-25-35-42-38-31-27-36(28-32-38)37-29-33-39(34-30-37)43-40(41)26-24-22-20-18-16-14-12-10-8-6-4-2/h27-34H,3-26,35H2,1-2H3. The minimum atomic E-state index is -0.127. The minimum absolute atomic E-state index is 0.127. The van der Waals surface area contributed by atoms with Crippen molar-refractivity contribution in [3.8, 4) is 22.6 Å². The maximum atomic E-state index is 12.3. The van der Waals surface area contributed by atoms with Gasteiger partial charge in [0, 0.05) is 6.42 Å². The summed E-state index contributed by atoms with van der Waals surface area (Å²) in [5.74, 6) is 1.43. The van der Waals surface area contributed by atoms with Crippen LogP contribution in [0, 0.1) is 0 Å². The lowest BCUT2D eigenvalue weighted by molar-refractivity contribution is -0.134. The number of ether oxygens (including phenoxy) is 2. The number of esters is 1. The highest BCUT2D eigenvalue weighted by atomic mass is 16.5. The first-order chi connectivity index (χ1) is 21.2. The van der Waals surface area contributed by atoms with E-state index in [9.17, 15) is 4.79 Å². The summed E-state index contributed by atoms with van der Waals surface area (Å²) in [5, 5.41) is 0. The largest absolute Gasteiger partial charge is 0.494 e. The van der Waals surface area contributed by atoms with Crippen LogP contribution in [0.2, 0.25) is 0 Å². The summed E-state index contributed by atoms with van der Waals surface area (Å²) in [6, 6.07) is 16.1. The summed E-state index contributed by atoms with van der Waals surface area (Å²) in [6.45, 7) is 5.34. The summed E-state index contributed by atoms with van der Waals surface area (Å²) in [5.41, 5.74) is 2.24. The zero-order valence-corrected chi connectivity index (χ0v) is 28.0. The number of carbonyl (C=O) groups excluding carboxylic acids is 1. The van der Waals surface area contributed by atoms with Gasteiger partial charge in [-0.15, -0.1) is 0 Å². The molecule has 0 bridgehead atoms. The predicted molar refractivity (Wildman–Crippen MR) is 185 cm³/mol. The van der Waals surface area contributed by atoms with Crippen LogP contribution in [0.4, 0.5) is 0 Å². The Balaban J connectivity index is 1.50. The van der Waals surface area contributed by atoms with Crippen LogP contribution in [-0.4, -0.2) is 12.6 Å². The maximum Gasteiger partial charge on any atom is 0.311 e. The first kappa shape index (κ1) is 36.9. The predicted octanol–water partition coefficient (Wildman–Crippen LogP) is 13.0. The third-order valence-corrected chi connectivity index (χ3v) is 8.52. The van der Waals surface area contributed by atoms with Gasteiger partial charge in [0.25, 0.3) is 0 Å². The lowest BCUT2D eigenvalue weighted by atomic mass is 10.1. The van der Waals surface area contributed by atoms with Crippen LogP contribution in [0.1, 0.15) is 168 Å². The molecule has 2 rings (SSSR count). The van der Waals surface area contributed by atoms with Crippen molar-refractivity contribution in [2.75, 3.05) is 6.61 Å². The molecule has 0 aliphatic carbocycles. The van der Waals surface area contributed by atoms with Crippen molar-refractivity contribution < 1.29 is 14.3 Å².